The fourth-order valence-corrected chi connectivity index (χ4v) is 4.32. The molecule has 11 nitrogen and oxygen atoms in total. The number of aromatic hydroxyl groups is 1. The number of nitro benzene ring substituents is 1. The maximum Gasteiger partial charge on any atom is 0.311 e. The Morgan fingerprint density at radius 2 is 1.88 bits per heavy atom. The van der Waals surface area contributed by atoms with Crippen molar-refractivity contribution in [3.8, 4) is 5.75 Å². The van der Waals surface area contributed by atoms with Crippen molar-refractivity contribution in [1.29, 1.82) is 0 Å². The molecule has 2 aliphatic rings. The summed E-state index contributed by atoms with van der Waals surface area (Å²) >= 11 is 0.632. The summed E-state index contributed by atoms with van der Waals surface area (Å²) in [5, 5.41) is 22.6. The molecule has 176 valence electrons. The molecule has 0 aromatic heterocycles. The van der Waals surface area contributed by atoms with Crippen LogP contribution in [0, 0.1) is 10.1 Å². The van der Waals surface area contributed by atoms with Gasteiger partial charge in [-0.3, -0.25) is 29.4 Å². The van der Waals surface area contributed by atoms with Gasteiger partial charge in [0.25, 0.3) is 11.1 Å². The van der Waals surface area contributed by atoms with E-state index in [4.69, 9.17) is 4.74 Å². The summed E-state index contributed by atoms with van der Waals surface area (Å²) in [4.78, 5) is 50.6. The van der Waals surface area contributed by atoms with Crippen molar-refractivity contribution in [2.45, 2.75) is 0 Å². The lowest BCUT2D eigenvalue weighted by Gasteiger charge is -2.28. The van der Waals surface area contributed by atoms with E-state index in [1.807, 2.05) is 12.1 Å². The van der Waals surface area contributed by atoms with Gasteiger partial charge in [0.2, 0.25) is 5.91 Å². The van der Waals surface area contributed by atoms with Crippen LogP contribution in [-0.4, -0.2) is 64.8 Å². The third kappa shape index (κ3) is 5.18. The van der Waals surface area contributed by atoms with Crippen molar-refractivity contribution in [3.63, 3.8) is 0 Å². The van der Waals surface area contributed by atoms with Crippen molar-refractivity contribution < 1.29 is 29.2 Å². The zero-order valence-corrected chi connectivity index (χ0v) is 18.6. The molecule has 4 rings (SSSR count). The number of phenols is 1. The molecule has 0 spiro atoms. The topological polar surface area (TPSA) is 142 Å². The number of amides is 3. The fourth-order valence-electron chi connectivity index (χ4n) is 3.49. The zero-order chi connectivity index (χ0) is 24.2. The molecule has 0 unspecified atom stereocenters. The first-order chi connectivity index (χ1) is 16.3. The highest BCUT2D eigenvalue weighted by Gasteiger charge is 2.36. The SMILES string of the molecule is O=C(CN1C(=O)S/C(=C/c2ccc(O)c([N+](=O)[O-])c2)C1=O)Nc1ccc(N2CCOCC2)cc1. The molecular weight excluding hydrogens is 464 g/mol. The number of imide groups is 1. The third-order valence-electron chi connectivity index (χ3n) is 5.20. The van der Waals surface area contributed by atoms with Gasteiger partial charge in [0, 0.05) is 30.5 Å². The minimum atomic E-state index is -0.754. The minimum Gasteiger partial charge on any atom is -0.502 e. The number of hydrogen-bond donors (Lipinski definition) is 2. The number of nitrogens with one attached hydrogen (secondary N) is 1. The van der Waals surface area contributed by atoms with E-state index in [1.165, 1.54) is 12.1 Å². The Kier molecular flexibility index (Phi) is 6.80. The Morgan fingerprint density at radius 1 is 1.18 bits per heavy atom. The standard InChI is InChI=1S/C22H20N4O7S/c27-18-6-1-14(11-17(18)26(31)32)12-19-21(29)25(22(30)34-19)13-20(28)23-15-2-4-16(5-3-15)24-7-9-33-10-8-24/h1-6,11-12,27H,7-10,13H2,(H,23,28)/b19-12+. The van der Waals surface area contributed by atoms with Gasteiger partial charge < -0.3 is 20.1 Å². The van der Waals surface area contributed by atoms with Crippen LogP contribution < -0.4 is 10.2 Å². The second-order valence-corrected chi connectivity index (χ2v) is 8.46. The average Bonchev–Trinajstić information content (AvgIpc) is 3.08. The van der Waals surface area contributed by atoms with Crippen LogP contribution in [0.15, 0.2) is 47.4 Å². The quantitative estimate of drug-likeness (QED) is 0.359. The first-order valence-corrected chi connectivity index (χ1v) is 11.1. The van der Waals surface area contributed by atoms with Crippen LogP contribution in [0.25, 0.3) is 6.08 Å². The predicted octanol–water partition coefficient (Wildman–Crippen LogP) is 2.81. The van der Waals surface area contributed by atoms with Gasteiger partial charge in [-0.1, -0.05) is 6.07 Å². The molecule has 2 aliphatic heterocycles. The summed E-state index contributed by atoms with van der Waals surface area (Å²) < 4.78 is 5.34. The Labute approximate surface area is 198 Å². The van der Waals surface area contributed by atoms with Crippen LogP contribution in [0.1, 0.15) is 5.56 Å². The molecule has 2 fully saturated rings. The van der Waals surface area contributed by atoms with Crippen molar-refractivity contribution in [2.24, 2.45) is 0 Å². The Hall–Kier alpha value is -3.90. The number of carbonyl (C=O) groups is 3. The first kappa shape index (κ1) is 23.3. The lowest BCUT2D eigenvalue weighted by Crippen LogP contribution is -2.36. The Balaban J connectivity index is 1.39. The molecule has 34 heavy (non-hydrogen) atoms. The van der Waals surface area contributed by atoms with Gasteiger partial charge in [-0.25, -0.2) is 0 Å². The largest absolute Gasteiger partial charge is 0.502 e. The van der Waals surface area contributed by atoms with E-state index < -0.39 is 40.0 Å². The number of ether oxygens (including phenoxy) is 1. The maximum absolute atomic E-state index is 12.7. The van der Waals surface area contributed by atoms with Crippen molar-refractivity contribution in [2.75, 3.05) is 43.1 Å². The Bertz CT molecular complexity index is 1180. The highest BCUT2D eigenvalue weighted by atomic mass is 32.2. The number of hydrogen-bond acceptors (Lipinski definition) is 9. The predicted molar refractivity (Wildman–Crippen MR) is 126 cm³/mol. The number of rotatable bonds is 6. The lowest BCUT2D eigenvalue weighted by molar-refractivity contribution is -0.385. The van der Waals surface area contributed by atoms with Crippen LogP contribution in [0.4, 0.5) is 21.9 Å². The number of benzene rings is 2. The molecule has 12 heteroatoms. The summed E-state index contributed by atoms with van der Waals surface area (Å²) in [5.74, 6) is -1.73. The maximum atomic E-state index is 12.7. The summed E-state index contributed by atoms with van der Waals surface area (Å²) in [6.07, 6.45) is 1.31. The summed E-state index contributed by atoms with van der Waals surface area (Å²) in [6.45, 7) is 2.43. The van der Waals surface area contributed by atoms with E-state index >= 15 is 0 Å². The van der Waals surface area contributed by atoms with Gasteiger partial charge in [0.1, 0.15) is 6.54 Å². The fraction of sp³-hybridized carbons (Fsp3) is 0.227. The summed E-state index contributed by atoms with van der Waals surface area (Å²) in [6, 6.07) is 10.8. The van der Waals surface area contributed by atoms with E-state index in [0.29, 0.717) is 30.7 Å². The second kappa shape index (κ2) is 9.93. The average molecular weight is 484 g/mol. The molecule has 0 saturated carbocycles. The van der Waals surface area contributed by atoms with Gasteiger partial charge in [-0.2, -0.15) is 0 Å². The van der Waals surface area contributed by atoms with E-state index in [9.17, 15) is 29.6 Å². The molecule has 2 aromatic carbocycles. The monoisotopic (exact) mass is 484 g/mol. The molecule has 0 bridgehead atoms. The molecular formula is C22H20N4O7S. The first-order valence-electron chi connectivity index (χ1n) is 10.3. The molecule has 2 aromatic rings. The van der Waals surface area contributed by atoms with E-state index in [2.05, 4.69) is 10.2 Å². The normalized spacial score (nSPS) is 17.4. The third-order valence-corrected chi connectivity index (χ3v) is 6.10. The molecule has 2 N–H and O–H groups in total. The Morgan fingerprint density at radius 3 is 2.56 bits per heavy atom. The van der Waals surface area contributed by atoms with Crippen LogP contribution >= 0.6 is 11.8 Å². The lowest BCUT2D eigenvalue weighted by atomic mass is 10.1. The van der Waals surface area contributed by atoms with Crippen LogP contribution in [0.5, 0.6) is 5.75 Å². The number of anilines is 2. The minimum absolute atomic E-state index is 0.0210. The van der Waals surface area contributed by atoms with E-state index in [0.717, 1.165) is 35.8 Å². The van der Waals surface area contributed by atoms with Gasteiger partial charge >= 0.3 is 5.69 Å². The van der Waals surface area contributed by atoms with Gasteiger partial charge in [0.15, 0.2) is 5.75 Å². The summed E-state index contributed by atoms with van der Waals surface area (Å²) in [7, 11) is 0. The molecule has 2 saturated heterocycles. The highest BCUT2D eigenvalue weighted by molar-refractivity contribution is 8.18. The molecule has 0 aliphatic carbocycles. The number of morpholine rings is 1. The molecule has 0 radical (unpaired) electrons. The smallest absolute Gasteiger partial charge is 0.311 e. The number of nitro groups is 1. The van der Waals surface area contributed by atoms with E-state index in [1.54, 1.807) is 12.1 Å². The molecule has 2 heterocycles. The molecule has 3 amide bonds. The summed E-state index contributed by atoms with van der Waals surface area (Å²) in [5.41, 5.74) is 1.28. The number of nitrogens with zero attached hydrogens (tertiary/aromatic N) is 3. The van der Waals surface area contributed by atoms with E-state index in [-0.39, 0.29) is 10.5 Å². The molecule has 0 atom stereocenters. The number of carbonyl (C=O) groups excluding carboxylic acids is 3. The number of phenolic OH excluding ortho intramolecular Hbond substituents is 1. The van der Waals surface area contributed by atoms with Crippen LogP contribution in [0.2, 0.25) is 0 Å². The van der Waals surface area contributed by atoms with Crippen molar-refractivity contribution >= 4 is 52.0 Å². The van der Waals surface area contributed by atoms with Crippen molar-refractivity contribution in [1.82, 2.24) is 4.90 Å². The number of thioether (sulfide) groups is 1. The highest BCUT2D eigenvalue weighted by Crippen LogP contribution is 2.34. The second-order valence-electron chi connectivity index (χ2n) is 7.47. The van der Waals surface area contributed by atoms with Crippen LogP contribution in [-0.2, 0) is 14.3 Å². The van der Waals surface area contributed by atoms with Gasteiger partial charge in [0.05, 0.1) is 23.0 Å². The van der Waals surface area contributed by atoms with Gasteiger partial charge in [-0.15, -0.1) is 0 Å². The van der Waals surface area contributed by atoms with Gasteiger partial charge in [-0.05, 0) is 53.7 Å². The van der Waals surface area contributed by atoms with Crippen molar-refractivity contribution in [3.05, 3.63) is 63.0 Å². The van der Waals surface area contributed by atoms with Crippen LogP contribution in [0.3, 0.4) is 0 Å². The zero-order valence-electron chi connectivity index (χ0n) is 17.8.